The number of fused-ring (bicyclic) bond motifs is 1. The first kappa shape index (κ1) is 27.3. The predicted octanol–water partition coefficient (Wildman–Crippen LogP) is 3.15. The summed E-state index contributed by atoms with van der Waals surface area (Å²) >= 11 is -1.07. The van der Waals surface area contributed by atoms with Gasteiger partial charge < -0.3 is 30.1 Å². The number of nitrogens with zero attached hydrogens (tertiary/aromatic N) is 6. The normalized spacial score (nSPS) is 14.0. The minimum Gasteiger partial charge on any atom is -0.616 e. The number of aromatic nitrogens is 4. The Morgan fingerprint density at radius 3 is 2.74 bits per heavy atom. The topological polar surface area (TPSA) is 156 Å². The monoisotopic (exact) mass is 539 g/mol. The van der Waals surface area contributed by atoms with E-state index in [0.29, 0.717) is 42.6 Å². The standard InChI is InChI=1S/C25H33N9O3S/c1-25(2,3)37-24(35)27-10-11-33(4)20-9-8-18(12-16(20)15-38(5)36)28-21-31-22(29-17-6-7-17)34-14-19(13-26)30-23(34)32-21/h8-9,12,14,17H,6-7,10-11,15H2,1-5H3,(H,27,35)(H2,28,29,30,31,32). The molecule has 1 fully saturated rings. The lowest BCUT2D eigenvalue weighted by atomic mass is 10.1. The number of rotatable bonds is 10. The predicted molar refractivity (Wildman–Crippen MR) is 147 cm³/mol. The van der Waals surface area contributed by atoms with Crippen molar-refractivity contribution in [3.05, 3.63) is 35.7 Å². The molecule has 0 aliphatic heterocycles. The summed E-state index contributed by atoms with van der Waals surface area (Å²) < 4.78 is 19.1. The smallest absolute Gasteiger partial charge is 0.407 e. The van der Waals surface area contributed by atoms with Crippen molar-refractivity contribution >= 4 is 46.3 Å². The summed E-state index contributed by atoms with van der Waals surface area (Å²) in [4.78, 5) is 27.3. The minimum absolute atomic E-state index is 0.261. The van der Waals surface area contributed by atoms with Gasteiger partial charge in [-0.1, -0.05) is 11.2 Å². The molecule has 4 rings (SSSR count). The van der Waals surface area contributed by atoms with Gasteiger partial charge in [-0.3, -0.25) is 4.40 Å². The Bertz CT molecular complexity index is 1340. The number of carbonyl (C=O) groups is 1. The lowest BCUT2D eigenvalue weighted by molar-refractivity contribution is 0.0529. The number of nitriles is 1. The van der Waals surface area contributed by atoms with Crippen molar-refractivity contribution in [2.75, 3.05) is 41.9 Å². The van der Waals surface area contributed by atoms with Crippen LogP contribution in [0.2, 0.25) is 0 Å². The van der Waals surface area contributed by atoms with Gasteiger partial charge in [0.15, 0.2) is 5.69 Å². The molecule has 1 saturated carbocycles. The van der Waals surface area contributed by atoms with Crippen LogP contribution >= 0.6 is 0 Å². The van der Waals surface area contributed by atoms with Crippen LogP contribution in [0.25, 0.3) is 5.78 Å². The van der Waals surface area contributed by atoms with E-state index in [1.165, 1.54) is 0 Å². The Labute approximate surface area is 225 Å². The molecule has 2 aromatic heterocycles. The lowest BCUT2D eigenvalue weighted by Crippen LogP contribution is -2.37. The van der Waals surface area contributed by atoms with E-state index in [9.17, 15) is 14.6 Å². The number of ether oxygens (including phenoxy) is 1. The van der Waals surface area contributed by atoms with Crippen LogP contribution in [0.1, 0.15) is 44.9 Å². The zero-order valence-corrected chi connectivity index (χ0v) is 23.1. The van der Waals surface area contributed by atoms with Crippen LogP contribution in [0.5, 0.6) is 0 Å². The number of alkyl carbamates (subject to hydrolysis) is 1. The Morgan fingerprint density at radius 2 is 2.08 bits per heavy atom. The first-order valence-corrected chi connectivity index (χ1v) is 14.0. The molecule has 3 aromatic rings. The molecule has 0 radical (unpaired) electrons. The highest BCUT2D eigenvalue weighted by atomic mass is 32.2. The molecule has 0 bridgehead atoms. The first-order valence-electron chi connectivity index (χ1n) is 12.3. The molecular formula is C25H33N9O3S. The number of hydrogen-bond acceptors (Lipinski definition) is 10. The molecule has 0 spiro atoms. The van der Waals surface area contributed by atoms with Gasteiger partial charge in [-0.05, 0) is 51.8 Å². The Morgan fingerprint density at radius 1 is 1.32 bits per heavy atom. The van der Waals surface area contributed by atoms with Crippen LogP contribution in [0, 0.1) is 11.3 Å². The van der Waals surface area contributed by atoms with Crippen molar-refractivity contribution in [1.29, 1.82) is 5.26 Å². The van der Waals surface area contributed by atoms with Crippen molar-refractivity contribution in [2.45, 2.75) is 51.0 Å². The van der Waals surface area contributed by atoms with Gasteiger partial charge in [-0.2, -0.15) is 20.2 Å². The van der Waals surface area contributed by atoms with E-state index in [1.54, 1.807) is 16.9 Å². The molecule has 13 heteroatoms. The highest BCUT2D eigenvalue weighted by molar-refractivity contribution is 7.89. The van der Waals surface area contributed by atoms with Gasteiger partial charge in [0.2, 0.25) is 17.7 Å². The number of nitrogens with one attached hydrogen (secondary N) is 3. The van der Waals surface area contributed by atoms with Crippen LogP contribution in [-0.4, -0.2) is 68.0 Å². The number of anilines is 4. The first-order chi connectivity index (χ1) is 18.0. The second kappa shape index (κ2) is 11.3. The molecule has 1 atom stereocenters. The van der Waals surface area contributed by atoms with Gasteiger partial charge in [-0.25, -0.2) is 4.79 Å². The fourth-order valence-corrected chi connectivity index (χ4v) is 4.43. The van der Waals surface area contributed by atoms with E-state index in [0.717, 1.165) is 29.8 Å². The third-order valence-corrected chi connectivity index (χ3v) is 6.30. The average Bonchev–Trinajstić information content (AvgIpc) is 3.53. The maximum Gasteiger partial charge on any atom is 0.407 e. The summed E-state index contributed by atoms with van der Waals surface area (Å²) in [6.45, 7) is 6.37. The fourth-order valence-electron chi connectivity index (χ4n) is 3.76. The quantitative estimate of drug-likeness (QED) is 0.327. The summed E-state index contributed by atoms with van der Waals surface area (Å²) in [5, 5.41) is 18.6. The van der Waals surface area contributed by atoms with E-state index in [2.05, 4.69) is 30.9 Å². The van der Waals surface area contributed by atoms with Gasteiger partial charge in [0, 0.05) is 43.1 Å². The number of benzene rings is 1. The maximum absolute atomic E-state index is 12.2. The molecule has 2 heterocycles. The summed E-state index contributed by atoms with van der Waals surface area (Å²) in [5.74, 6) is 1.63. The third-order valence-electron chi connectivity index (χ3n) is 5.58. The molecule has 3 N–H and O–H groups in total. The van der Waals surface area contributed by atoms with Crippen LogP contribution < -0.4 is 20.9 Å². The Balaban J connectivity index is 1.51. The third kappa shape index (κ3) is 7.39. The summed E-state index contributed by atoms with van der Waals surface area (Å²) in [5.41, 5.74) is 2.20. The molecule has 202 valence electrons. The van der Waals surface area contributed by atoms with Gasteiger partial charge >= 0.3 is 6.09 Å². The van der Waals surface area contributed by atoms with Crippen LogP contribution in [0.4, 0.5) is 28.1 Å². The molecule has 1 aromatic carbocycles. The van der Waals surface area contributed by atoms with Crippen LogP contribution in [0.3, 0.4) is 0 Å². The second-order valence-corrected chi connectivity index (χ2v) is 11.7. The Hall–Kier alpha value is -3.76. The zero-order chi connectivity index (χ0) is 27.4. The lowest BCUT2D eigenvalue weighted by Gasteiger charge is -2.24. The van der Waals surface area contributed by atoms with Crippen LogP contribution in [-0.2, 0) is 21.7 Å². The molecule has 1 unspecified atom stereocenters. The SMILES string of the molecule is CN(CCNC(=O)OC(C)(C)C)c1ccc(Nc2nc(NC3CC3)n3cc(C#N)nc3n2)cc1C[S+](C)[O-]. The van der Waals surface area contributed by atoms with Crippen molar-refractivity contribution < 1.29 is 14.1 Å². The molecule has 12 nitrogen and oxygen atoms in total. The van der Waals surface area contributed by atoms with E-state index < -0.39 is 22.9 Å². The van der Waals surface area contributed by atoms with Crippen molar-refractivity contribution in [3.8, 4) is 6.07 Å². The van der Waals surface area contributed by atoms with E-state index in [-0.39, 0.29) is 5.69 Å². The molecule has 0 saturated heterocycles. The molecule has 1 aliphatic rings. The van der Waals surface area contributed by atoms with Gasteiger partial charge in [0.25, 0.3) is 0 Å². The largest absolute Gasteiger partial charge is 0.616 e. The van der Waals surface area contributed by atoms with Crippen molar-refractivity contribution in [3.63, 3.8) is 0 Å². The van der Waals surface area contributed by atoms with E-state index in [1.807, 2.05) is 57.0 Å². The minimum atomic E-state index is -1.07. The van der Waals surface area contributed by atoms with Gasteiger partial charge in [-0.15, -0.1) is 0 Å². The van der Waals surface area contributed by atoms with E-state index in [4.69, 9.17) is 4.74 Å². The molecule has 1 aliphatic carbocycles. The van der Waals surface area contributed by atoms with E-state index >= 15 is 0 Å². The van der Waals surface area contributed by atoms with Crippen molar-refractivity contribution in [1.82, 2.24) is 24.7 Å². The van der Waals surface area contributed by atoms with Gasteiger partial charge in [0.05, 0.1) is 12.5 Å². The molecular weight excluding hydrogens is 506 g/mol. The highest BCUT2D eigenvalue weighted by Gasteiger charge is 2.24. The zero-order valence-electron chi connectivity index (χ0n) is 22.2. The highest BCUT2D eigenvalue weighted by Crippen LogP contribution is 2.28. The number of imidazole rings is 1. The fraction of sp³-hybridized carbons (Fsp3) is 0.480. The Kier molecular flexibility index (Phi) is 8.13. The number of amides is 1. The van der Waals surface area contributed by atoms with Gasteiger partial charge in [0.1, 0.15) is 17.4 Å². The number of hydrogen-bond donors (Lipinski definition) is 3. The summed E-state index contributed by atoms with van der Waals surface area (Å²) in [6, 6.07) is 8.13. The van der Waals surface area contributed by atoms with Crippen LogP contribution in [0.15, 0.2) is 24.4 Å². The van der Waals surface area contributed by atoms with Crippen molar-refractivity contribution in [2.24, 2.45) is 0 Å². The number of carbonyl (C=O) groups excluding carboxylic acids is 1. The second-order valence-electron chi connectivity index (χ2n) is 10.2. The summed E-state index contributed by atoms with van der Waals surface area (Å²) in [6.07, 6.45) is 4.93. The average molecular weight is 540 g/mol. The molecule has 1 amide bonds. The summed E-state index contributed by atoms with van der Waals surface area (Å²) in [7, 11) is 1.92. The maximum atomic E-state index is 12.2. The number of likely N-dealkylation sites (N-methyl/N-ethyl adjacent to an activating group) is 1. The molecule has 38 heavy (non-hydrogen) atoms.